The first-order valence-electron chi connectivity index (χ1n) is 5.77. The summed E-state index contributed by atoms with van der Waals surface area (Å²) in [7, 11) is 2.18. The van der Waals surface area contributed by atoms with E-state index in [-0.39, 0.29) is 0 Å². The van der Waals surface area contributed by atoms with Crippen molar-refractivity contribution in [2.24, 2.45) is 0 Å². The van der Waals surface area contributed by atoms with Gasteiger partial charge in [0.05, 0.1) is 19.8 Å². The summed E-state index contributed by atoms with van der Waals surface area (Å²) in [6.07, 6.45) is 0. The molecule has 0 aliphatic rings. The number of carbonyl (C=O) groups excluding carboxylic acids is 3. The number of rotatable bonds is 5. The van der Waals surface area contributed by atoms with E-state index < -0.39 is 48.1 Å². The zero-order valence-electron chi connectivity index (χ0n) is 11.4. The van der Waals surface area contributed by atoms with Gasteiger partial charge in [-0.15, -0.1) is 0 Å². The number of ether oxygens (including phenoxy) is 2. The predicted octanol–water partition coefficient (Wildman–Crippen LogP) is 0.753. The van der Waals surface area contributed by atoms with E-state index in [0.29, 0.717) is 11.0 Å². The third-order valence-corrected chi connectivity index (χ3v) is 2.54. The number of hydrogen-bond donors (Lipinski definition) is 0. The number of benzene rings is 1. The Labute approximate surface area is 119 Å². The number of carbonyl (C=O) groups is 3. The van der Waals surface area contributed by atoms with Gasteiger partial charge in [-0.25, -0.2) is 8.78 Å². The Kier molecular flexibility index (Phi) is 5.77. The maximum absolute atomic E-state index is 13.6. The normalized spacial score (nSPS) is 9.90. The molecule has 1 aromatic carbocycles. The summed E-state index contributed by atoms with van der Waals surface area (Å²) in [4.78, 5) is 35.3. The number of methoxy groups -OCH3 is 2. The first-order chi connectivity index (χ1) is 9.88. The second kappa shape index (κ2) is 7.32. The van der Waals surface area contributed by atoms with Gasteiger partial charge in [-0.3, -0.25) is 14.4 Å². The second-order valence-corrected chi connectivity index (χ2v) is 3.94. The maximum atomic E-state index is 13.6. The minimum Gasteiger partial charge on any atom is -0.468 e. The molecule has 0 saturated carbocycles. The van der Waals surface area contributed by atoms with Crippen LogP contribution in [0.2, 0.25) is 0 Å². The van der Waals surface area contributed by atoms with Crippen LogP contribution in [0.5, 0.6) is 0 Å². The molecular formula is C13H13F2NO5. The Bertz CT molecular complexity index is 543. The molecule has 0 unspecified atom stereocenters. The summed E-state index contributed by atoms with van der Waals surface area (Å²) in [6.45, 7) is -1.19. The Hall–Kier alpha value is -2.51. The second-order valence-electron chi connectivity index (χ2n) is 3.94. The van der Waals surface area contributed by atoms with Gasteiger partial charge < -0.3 is 14.4 Å². The van der Waals surface area contributed by atoms with Crippen LogP contribution in [0.15, 0.2) is 18.2 Å². The predicted molar refractivity (Wildman–Crippen MR) is 66.3 cm³/mol. The molecule has 114 valence electrons. The van der Waals surface area contributed by atoms with Crippen LogP contribution >= 0.6 is 0 Å². The van der Waals surface area contributed by atoms with E-state index >= 15 is 0 Å². The van der Waals surface area contributed by atoms with Crippen molar-refractivity contribution in [3.8, 4) is 0 Å². The van der Waals surface area contributed by atoms with E-state index in [0.717, 1.165) is 26.4 Å². The molecule has 1 aromatic rings. The van der Waals surface area contributed by atoms with Gasteiger partial charge in [0, 0.05) is 0 Å². The van der Waals surface area contributed by atoms with E-state index in [9.17, 15) is 23.2 Å². The lowest BCUT2D eigenvalue weighted by atomic mass is 10.1. The Morgan fingerprint density at radius 1 is 1.05 bits per heavy atom. The molecule has 0 bridgehead atoms. The molecule has 8 heteroatoms. The summed E-state index contributed by atoms with van der Waals surface area (Å²) >= 11 is 0. The van der Waals surface area contributed by atoms with Crippen molar-refractivity contribution in [2.75, 3.05) is 27.3 Å². The third kappa shape index (κ3) is 4.51. The van der Waals surface area contributed by atoms with E-state index in [1.165, 1.54) is 0 Å². The fraction of sp³-hybridized carbons (Fsp3) is 0.308. The molecule has 0 aromatic heterocycles. The largest absolute Gasteiger partial charge is 0.468 e. The van der Waals surface area contributed by atoms with Crippen LogP contribution in [0.3, 0.4) is 0 Å². The SMILES string of the molecule is COC(=O)CN(CC(=O)OC)C(=O)c1cc(F)ccc1F. The molecule has 0 atom stereocenters. The van der Waals surface area contributed by atoms with Crippen molar-refractivity contribution < 1.29 is 32.6 Å². The van der Waals surface area contributed by atoms with Crippen LogP contribution in [0, 0.1) is 11.6 Å². The van der Waals surface area contributed by atoms with Crippen molar-refractivity contribution in [3.05, 3.63) is 35.4 Å². The molecule has 0 spiro atoms. The first kappa shape index (κ1) is 16.5. The van der Waals surface area contributed by atoms with Gasteiger partial charge >= 0.3 is 11.9 Å². The Morgan fingerprint density at radius 3 is 2.05 bits per heavy atom. The standard InChI is InChI=1S/C13H13F2NO5/c1-20-11(17)6-16(7-12(18)21-2)13(19)9-5-8(14)3-4-10(9)15/h3-5H,6-7H2,1-2H3. The zero-order valence-corrected chi connectivity index (χ0v) is 11.4. The van der Waals surface area contributed by atoms with Gasteiger partial charge in [0.2, 0.25) is 0 Å². The van der Waals surface area contributed by atoms with Crippen LogP contribution < -0.4 is 0 Å². The molecule has 0 radical (unpaired) electrons. The molecule has 0 aliphatic carbocycles. The highest BCUT2D eigenvalue weighted by Gasteiger charge is 2.24. The molecule has 0 heterocycles. The van der Waals surface area contributed by atoms with Gasteiger partial charge in [-0.05, 0) is 18.2 Å². The number of esters is 2. The van der Waals surface area contributed by atoms with Crippen LogP contribution in [-0.4, -0.2) is 50.1 Å². The summed E-state index contributed by atoms with van der Waals surface area (Å²) in [5, 5.41) is 0. The molecule has 0 saturated heterocycles. The highest BCUT2D eigenvalue weighted by molar-refractivity contribution is 5.97. The summed E-state index contributed by atoms with van der Waals surface area (Å²) in [6, 6.07) is 2.30. The Balaban J connectivity index is 3.05. The minimum atomic E-state index is -1.03. The fourth-order valence-electron chi connectivity index (χ4n) is 1.47. The minimum absolute atomic E-state index is 0.595. The first-order valence-corrected chi connectivity index (χ1v) is 5.77. The molecular weight excluding hydrogens is 288 g/mol. The van der Waals surface area contributed by atoms with Crippen molar-refractivity contribution in [3.63, 3.8) is 0 Å². The summed E-state index contributed by atoms with van der Waals surface area (Å²) in [5.41, 5.74) is -0.595. The fourth-order valence-corrected chi connectivity index (χ4v) is 1.47. The van der Waals surface area contributed by atoms with E-state index in [1.54, 1.807) is 0 Å². The smallest absolute Gasteiger partial charge is 0.325 e. The van der Waals surface area contributed by atoms with Gasteiger partial charge in [-0.1, -0.05) is 0 Å². The van der Waals surface area contributed by atoms with Crippen molar-refractivity contribution in [2.45, 2.75) is 0 Å². The molecule has 0 aliphatic heterocycles. The molecule has 1 rings (SSSR count). The monoisotopic (exact) mass is 301 g/mol. The summed E-state index contributed by atoms with van der Waals surface area (Å²) in [5.74, 6) is -4.45. The topological polar surface area (TPSA) is 72.9 Å². The van der Waals surface area contributed by atoms with Gasteiger partial charge in [0.25, 0.3) is 5.91 Å². The summed E-state index contributed by atoms with van der Waals surface area (Å²) < 4.78 is 35.4. The maximum Gasteiger partial charge on any atom is 0.325 e. The highest BCUT2D eigenvalue weighted by Crippen LogP contribution is 2.13. The van der Waals surface area contributed by atoms with Crippen LogP contribution in [0.25, 0.3) is 0 Å². The average Bonchev–Trinajstić information content (AvgIpc) is 2.47. The van der Waals surface area contributed by atoms with Crippen LogP contribution in [0.1, 0.15) is 10.4 Å². The van der Waals surface area contributed by atoms with Crippen LogP contribution in [0.4, 0.5) is 8.78 Å². The lowest BCUT2D eigenvalue weighted by molar-refractivity contribution is -0.144. The van der Waals surface area contributed by atoms with Crippen molar-refractivity contribution in [1.82, 2.24) is 4.90 Å². The van der Waals surface area contributed by atoms with E-state index in [4.69, 9.17) is 0 Å². The molecule has 21 heavy (non-hydrogen) atoms. The lowest BCUT2D eigenvalue weighted by Crippen LogP contribution is -2.40. The van der Waals surface area contributed by atoms with Crippen molar-refractivity contribution >= 4 is 17.8 Å². The zero-order chi connectivity index (χ0) is 16.0. The third-order valence-electron chi connectivity index (χ3n) is 2.54. The number of nitrogens with zero attached hydrogens (tertiary/aromatic N) is 1. The van der Waals surface area contributed by atoms with E-state index in [1.807, 2.05) is 0 Å². The van der Waals surface area contributed by atoms with Gasteiger partial charge in [0.15, 0.2) is 0 Å². The lowest BCUT2D eigenvalue weighted by Gasteiger charge is -2.20. The van der Waals surface area contributed by atoms with E-state index in [2.05, 4.69) is 9.47 Å². The Morgan fingerprint density at radius 2 is 1.57 bits per heavy atom. The highest BCUT2D eigenvalue weighted by atomic mass is 19.1. The molecule has 1 amide bonds. The molecule has 0 N–H and O–H groups in total. The number of hydrogen-bond acceptors (Lipinski definition) is 5. The quantitative estimate of drug-likeness (QED) is 0.751. The van der Waals surface area contributed by atoms with Gasteiger partial charge in [0.1, 0.15) is 24.7 Å². The number of amides is 1. The average molecular weight is 301 g/mol. The van der Waals surface area contributed by atoms with Gasteiger partial charge in [-0.2, -0.15) is 0 Å². The van der Waals surface area contributed by atoms with Crippen LogP contribution in [-0.2, 0) is 19.1 Å². The van der Waals surface area contributed by atoms with Crippen molar-refractivity contribution in [1.29, 1.82) is 0 Å². The molecule has 6 nitrogen and oxygen atoms in total. The molecule has 0 fully saturated rings. The number of halogens is 2.